The zero-order valence-corrected chi connectivity index (χ0v) is 16.2. The molecule has 1 aliphatic rings. The van der Waals surface area contributed by atoms with Gasteiger partial charge in [0.2, 0.25) is 5.91 Å². The first-order chi connectivity index (χ1) is 14.2. The lowest BCUT2D eigenvalue weighted by Crippen LogP contribution is -2.52. The molecule has 3 aromatic rings. The highest BCUT2D eigenvalue weighted by atomic mass is 16.1. The second kappa shape index (κ2) is 8.61. The van der Waals surface area contributed by atoms with Crippen LogP contribution in [0, 0.1) is 0 Å². The molecule has 3 N–H and O–H groups in total. The Balaban J connectivity index is 1.66. The maximum atomic E-state index is 12.4. The smallest absolute Gasteiger partial charge is 0.240 e. The van der Waals surface area contributed by atoms with Crippen molar-refractivity contribution in [1.29, 1.82) is 0 Å². The normalized spacial score (nSPS) is 15.4. The predicted molar refractivity (Wildman–Crippen MR) is 116 cm³/mol. The number of benzene rings is 3. The number of nitrogens with two attached hydrogens (primary N) is 1. The summed E-state index contributed by atoms with van der Waals surface area (Å²) in [4.78, 5) is 19.2. The maximum absolute atomic E-state index is 12.4. The van der Waals surface area contributed by atoms with E-state index in [-0.39, 0.29) is 5.91 Å². The molecule has 4 rings (SSSR count). The Morgan fingerprint density at radius 1 is 0.931 bits per heavy atom. The van der Waals surface area contributed by atoms with Crippen LogP contribution in [0.2, 0.25) is 0 Å². The molecule has 0 saturated carbocycles. The number of guanidine groups is 1. The van der Waals surface area contributed by atoms with Crippen molar-refractivity contribution in [2.75, 3.05) is 5.32 Å². The predicted octanol–water partition coefficient (Wildman–Crippen LogP) is 3.57. The Morgan fingerprint density at radius 2 is 1.55 bits per heavy atom. The van der Waals surface area contributed by atoms with Crippen LogP contribution in [0.5, 0.6) is 0 Å². The molecule has 1 atom stereocenters. The van der Waals surface area contributed by atoms with Gasteiger partial charge in [0.25, 0.3) is 0 Å². The SMILES string of the molecule is NC(=O)C(Cc1ccccc1)N1Cc2ccccc2NC1=NCc1ccccc1. The molecule has 0 saturated heterocycles. The minimum Gasteiger partial charge on any atom is -0.368 e. The molecule has 0 aromatic heterocycles. The van der Waals surface area contributed by atoms with Gasteiger partial charge < -0.3 is 16.0 Å². The molecule has 0 bridgehead atoms. The van der Waals surface area contributed by atoms with Gasteiger partial charge in [-0.05, 0) is 22.8 Å². The van der Waals surface area contributed by atoms with E-state index in [1.807, 2.05) is 83.8 Å². The van der Waals surface area contributed by atoms with Crippen LogP contribution in [-0.4, -0.2) is 22.8 Å². The summed E-state index contributed by atoms with van der Waals surface area (Å²) in [5.41, 5.74) is 10.1. The average Bonchev–Trinajstić information content (AvgIpc) is 2.77. The zero-order valence-electron chi connectivity index (χ0n) is 16.2. The molecule has 146 valence electrons. The second-order valence-electron chi connectivity index (χ2n) is 7.14. The van der Waals surface area contributed by atoms with Crippen LogP contribution in [0.1, 0.15) is 16.7 Å². The number of anilines is 1. The number of nitrogens with one attached hydrogen (secondary N) is 1. The molecular weight excluding hydrogens is 360 g/mol. The Hall–Kier alpha value is -3.60. The summed E-state index contributed by atoms with van der Waals surface area (Å²) in [7, 11) is 0. The number of hydrogen-bond donors (Lipinski definition) is 2. The highest BCUT2D eigenvalue weighted by Crippen LogP contribution is 2.25. The summed E-state index contributed by atoms with van der Waals surface area (Å²) >= 11 is 0. The van der Waals surface area contributed by atoms with E-state index in [1.54, 1.807) is 0 Å². The number of amides is 1. The third-order valence-corrected chi connectivity index (χ3v) is 5.11. The molecule has 5 heteroatoms. The number of para-hydroxylation sites is 1. The number of nitrogens with zero attached hydrogens (tertiary/aromatic N) is 2. The number of primary amides is 1. The van der Waals surface area contributed by atoms with Gasteiger partial charge in [-0.3, -0.25) is 4.79 Å². The van der Waals surface area contributed by atoms with Crippen molar-refractivity contribution in [3.63, 3.8) is 0 Å². The third-order valence-electron chi connectivity index (χ3n) is 5.11. The highest BCUT2D eigenvalue weighted by molar-refractivity contribution is 5.99. The second-order valence-corrected chi connectivity index (χ2v) is 7.14. The Morgan fingerprint density at radius 3 is 2.24 bits per heavy atom. The molecule has 0 radical (unpaired) electrons. The largest absolute Gasteiger partial charge is 0.368 e. The van der Waals surface area contributed by atoms with Crippen molar-refractivity contribution >= 4 is 17.6 Å². The van der Waals surface area contributed by atoms with Gasteiger partial charge in [-0.15, -0.1) is 0 Å². The molecule has 0 spiro atoms. The summed E-state index contributed by atoms with van der Waals surface area (Å²) in [5, 5.41) is 3.41. The van der Waals surface area contributed by atoms with E-state index in [2.05, 4.69) is 11.4 Å². The van der Waals surface area contributed by atoms with E-state index in [0.29, 0.717) is 25.5 Å². The molecule has 1 heterocycles. The number of carbonyl (C=O) groups is 1. The Bertz CT molecular complexity index is 1000. The number of rotatable bonds is 6. The van der Waals surface area contributed by atoms with E-state index >= 15 is 0 Å². The molecule has 3 aromatic carbocycles. The van der Waals surface area contributed by atoms with Gasteiger partial charge in [0.15, 0.2) is 5.96 Å². The molecule has 1 amide bonds. The van der Waals surface area contributed by atoms with Crippen molar-refractivity contribution in [2.24, 2.45) is 10.7 Å². The average molecular weight is 384 g/mol. The molecule has 5 nitrogen and oxygen atoms in total. The standard InChI is InChI=1S/C24H24N4O/c25-23(29)22(15-18-9-3-1-4-10-18)28-17-20-13-7-8-14-21(20)27-24(28)26-16-19-11-5-2-6-12-19/h1-14,22H,15-17H2,(H2,25,29)(H,26,27). The number of carbonyl (C=O) groups excluding carboxylic acids is 1. The van der Waals surface area contributed by atoms with Crippen LogP contribution in [0.4, 0.5) is 5.69 Å². The van der Waals surface area contributed by atoms with Crippen LogP contribution in [0.15, 0.2) is 89.9 Å². The van der Waals surface area contributed by atoms with E-state index in [0.717, 1.165) is 22.4 Å². The van der Waals surface area contributed by atoms with E-state index in [4.69, 9.17) is 10.7 Å². The first kappa shape index (κ1) is 18.7. The summed E-state index contributed by atoms with van der Waals surface area (Å²) in [6.45, 7) is 1.11. The summed E-state index contributed by atoms with van der Waals surface area (Å²) in [5.74, 6) is 0.315. The van der Waals surface area contributed by atoms with Crippen LogP contribution in [0.3, 0.4) is 0 Å². The summed E-state index contributed by atoms with van der Waals surface area (Å²) < 4.78 is 0. The lowest BCUT2D eigenvalue weighted by molar-refractivity contribution is -0.122. The van der Waals surface area contributed by atoms with Gasteiger partial charge in [-0.2, -0.15) is 0 Å². The van der Waals surface area contributed by atoms with E-state index < -0.39 is 6.04 Å². The summed E-state index contributed by atoms with van der Waals surface area (Å²) in [6, 6.07) is 27.6. The fraction of sp³-hybridized carbons (Fsp3) is 0.167. The minimum absolute atomic E-state index is 0.359. The number of hydrogen-bond acceptors (Lipinski definition) is 2. The fourth-order valence-corrected chi connectivity index (χ4v) is 3.57. The van der Waals surface area contributed by atoms with Crippen LogP contribution in [0.25, 0.3) is 0 Å². The molecule has 1 aliphatic heterocycles. The van der Waals surface area contributed by atoms with Crippen LogP contribution in [-0.2, 0) is 24.3 Å². The topological polar surface area (TPSA) is 70.7 Å². The highest BCUT2D eigenvalue weighted by Gasteiger charge is 2.31. The third kappa shape index (κ3) is 4.46. The zero-order chi connectivity index (χ0) is 20.1. The van der Waals surface area contributed by atoms with Crippen molar-refractivity contribution in [1.82, 2.24) is 4.90 Å². The molecule has 0 fully saturated rings. The molecule has 1 unspecified atom stereocenters. The Kier molecular flexibility index (Phi) is 5.56. The van der Waals surface area contributed by atoms with Crippen molar-refractivity contribution in [2.45, 2.75) is 25.6 Å². The molecule has 0 aliphatic carbocycles. The monoisotopic (exact) mass is 384 g/mol. The molecular formula is C24H24N4O. The van der Waals surface area contributed by atoms with Crippen molar-refractivity contribution in [3.05, 3.63) is 102 Å². The van der Waals surface area contributed by atoms with Crippen molar-refractivity contribution < 1.29 is 4.79 Å². The molecule has 29 heavy (non-hydrogen) atoms. The Labute approximate surface area is 170 Å². The van der Waals surface area contributed by atoms with Crippen molar-refractivity contribution in [3.8, 4) is 0 Å². The number of fused-ring (bicyclic) bond motifs is 1. The first-order valence-corrected chi connectivity index (χ1v) is 9.74. The lowest BCUT2D eigenvalue weighted by atomic mass is 10.0. The minimum atomic E-state index is -0.493. The maximum Gasteiger partial charge on any atom is 0.240 e. The van der Waals surface area contributed by atoms with E-state index in [9.17, 15) is 4.79 Å². The van der Waals surface area contributed by atoms with Gasteiger partial charge in [0, 0.05) is 18.7 Å². The fourth-order valence-electron chi connectivity index (χ4n) is 3.57. The lowest BCUT2D eigenvalue weighted by Gasteiger charge is -2.37. The van der Waals surface area contributed by atoms with Gasteiger partial charge in [0.05, 0.1) is 6.54 Å². The van der Waals surface area contributed by atoms with Crippen LogP contribution >= 0.6 is 0 Å². The number of aliphatic imine (C=N–C) groups is 1. The van der Waals surface area contributed by atoms with Gasteiger partial charge in [0.1, 0.15) is 6.04 Å². The van der Waals surface area contributed by atoms with Crippen LogP contribution < -0.4 is 11.1 Å². The van der Waals surface area contributed by atoms with Gasteiger partial charge in [-0.25, -0.2) is 4.99 Å². The van der Waals surface area contributed by atoms with Gasteiger partial charge >= 0.3 is 0 Å². The first-order valence-electron chi connectivity index (χ1n) is 9.74. The quantitative estimate of drug-likeness (QED) is 0.683. The summed E-state index contributed by atoms with van der Waals surface area (Å²) in [6.07, 6.45) is 0.532. The van der Waals surface area contributed by atoms with E-state index in [1.165, 1.54) is 0 Å². The van der Waals surface area contributed by atoms with Gasteiger partial charge in [-0.1, -0.05) is 78.9 Å².